The second-order valence-corrected chi connectivity index (χ2v) is 10.2. The summed E-state index contributed by atoms with van der Waals surface area (Å²) in [4.78, 5) is 12.9. The quantitative estimate of drug-likeness (QED) is 0.507. The number of amides is 1. The van der Waals surface area contributed by atoms with E-state index in [-0.39, 0.29) is 18.0 Å². The van der Waals surface area contributed by atoms with Crippen molar-refractivity contribution in [3.8, 4) is 0 Å². The van der Waals surface area contributed by atoms with Gasteiger partial charge in [-0.15, -0.1) is 0 Å². The molecule has 0 bridgehead atoms. The van der Waals surface area contributed by atoms with Gasteiger partial charge in [0.2, 0.25) is 13.3 Å². The summed E-state index contributed by atoms with van der Waals surface area (Å²) in [6.45, 7) is 6.88. The Bertz CT molecular complexity index is 762. The van der Waals surface area contributed by atoms with E-state index in [4.69, 9.17) is 4.52 Å². The average molecular weight is 401 g/mol. The summed E-state index contributed by atoms with van der Waals surface area (Å²) in [5.74, 6) is -0.0466. The van der Waals surface area contributed by atoms with Crippen LogP contribution in [0.25, 0.3) is 0 Å². The molecule has 0 aromatic heterocycles. The molecule has 2 unspecified atom stereocenters. The van der Waals surface area contributed by atoms with Gasteiger partial charge < -0.3 is 9.84 Å². The Morgan fingerprint density at radius 3 is 2.11 bits per heavy atom. The first-order valence-electron chi connectivity index (χ1n) is 10.00. The number of hydrogen-bond donors (Lipinski definition) is 1. The molecule has 4 nitrogen and oxygen atoms in total. The highest BCUT2D eigenvalue weighted by molar-refractivity contribution is 7.58. The minimum Gasteiger partial charge on any atom is -0.352 e. The lowest BCUT2D eigenvalue weighted by molar-refractivity contribution is -0.125. The van der Waals surface area contributed by atoms with E-state index >= 15 is 0 Å². The van der Waals surface area contributed by atoms with Crippen molar-refractivity contribution in [2.45, 2.75) is 39.9 Å². The maximum atomic E-state index is 13.6. The molecule has 1 amide bonds. The highest BCUT2D eigenvalue weighted by Crippen LogP contribution is 2.52. The maximum absolute atomic E-state index is 13.6. The fourth-order valence-electron chi connectivity index (χ4n) is 3.36. The van der Waals surface area contributed by atoms with E-state index in [1.807, 2.05) is 67.6 Å². The number of carbonyl (C=O) groups excluding carboxylic acids is 1. The van der Waals surface area contributed by atoms with Crippen molar-refractivity contribution in [2.24, 2.45) is 11.8 Å². The van der Waals surface area contributed by atoms with Gasteiger partial charge in [0.1, 0.15) is 0 Å². The molecule has 0 heterocycles. The zero-order chi connectivity index (χ0) is 20.4. The van der Waals surface area contributed by atoms with Gasteiger partial charge in [-0.1, -0.05) is 74.5 Å². The van der Waals surface area contributed by atoms with Crippen LogP contribution in [-0.4, -0.2) is 18.7 Å². The maximum Gasteiger partial charge on any atom is 0.223 e. The van der Waals surface area contributed by atoms with Crippen LogP contribution in [0, 0.1) is 11.8 Å². The van der Waals surface area contributed by atoms with Gasteiger partial charge in [-0.3, -0.25) is 9.36 Å². The van der Waals surface area contributed by atoms with Crippen LogP contribution in [-0.2, 0) is 26.6 Å². The fraction of sp³-hybridized carbons (Fsp3) is 0.435. The normalized spacial score (nSPS) is 14.4. The zero-order valence-electron chi connectivity index (χ0n) is 17.1. The van der Waals surface area contributed by atoms with Crippen molar-refractivity contribution in [1.82, 2.24) is 5.32 Å². The first-order chi connectivity index (χ1) is 13.4. The van der Waals surface area contributed by atoms with Crippen molar-refractivity contribution < 1.29 is 13.9 Å². The van der Waals surface area contributed by atoms with E-state index in [0.29, 0.717) is 31.7 Å². The zero-order valence-corrected chi connectivity index (χ0v) is 18.0. The van der Waals surface area contributed by atoms with E-state index in [2.05, 4.69) is 19.2 Å². The second kappa shape index (κ2) is 11.2. The first-order valence-corrected chi connectivity index (χ1v) is 12.0. The molecule has 1 N–H and O–H groups in total. The summed E-state index contributed by atoms with van der Waals surface area (Å²) >= 11 is 0. The molecule has 2 atom stereocenters. The fourth-order valence-corrected chi connectivity index (χ4v) is 5.91. The molecule has 0 saturated carbocycles. The minimum atomic E-state index is -2.96. The molecule has 0 aliphatic heterocycles. The number of hydrogen-bond acceptors (Lipinski definition) is 3. The molecule has 0 radical (unpaired) electrons. The molecule has 28 heavy (non-hydrogen) atoms. The molecule has 0 saturated heterocycles. The van der Waals surface area contributed by atoms with E-state index < -0.39 is 7.37 Å². The van der Waals surface area contributed by atoms with Gasteiger partial charge in [0.05, 0.1) is 6.61 Å². The highest BCUT2D eigenvalue weighted by Gasteiger charge is 2.32. The summed E-state index contributed by atoms with van der Waals surface area (Å²) in [6.07, 6.45) is 1.32. The molecular formula is C23H32NO3P. The summed E-state index contributed by atoms with van der Waals surface area (Å²) in [5, 5.41) is 3.02. The SMILES string of the molecule is CCOP(=O)(Cc1ccccc1)CC(CC(C)C)C(=O)NCc1ccccc1. The van der Waals surface area contributed by atoms with Crippen LogP contribution < -0.4 is 5.32 Å². The lowest BCUT2D eigenvalue weighted by Crippen LogP contribution is -2.33. The van der Waals surface area contributed by atoms with Crippen LogP contribution in [0.5, 0.6) is 0 Å². The Morgan fingerprint density at radius 1 is 1.00 bits per heavy atom. The van der Waals surface area contributed by atoms with Gasteiger partial charge in [0.15, 0.2) is 0 Å². The van der Waals surface area contributed by atoms with E-state index in [1.165, 1.54) is 0 Å². The molecule has 2 rings (SSSR count). The number of carbonyl (C=O) groups is 1. The third-order valence-electron chi connectivity index (χ3n) is 4.57. The molecule has 5 heteroatoms. The Labute approximate surface area is 169 Å². The first kappa shape index (κ1) is 22.4. The lowest BCUT2D eigenvalue weighted by atomic mass is 9.98. The predicted octanol–water partition coefficient (Wildman–Crippen LogP) is 5.48. The van der Waals surface area contributed by atoms with Crippen molar-refractivity contribution in [1.29, 1.82) is 0 Å². The summed E-state index contributed by atoms with van der Waals surface area (Å²) in [5.41, 5.74) is 2.03. The van der Waals surface area contributed by atoms with Crippen molar-refractivity contribution in [3.63, 3.8) is 0 Å². The van der Waals surface area contributed by atoms with Crippen LogP contribution in [0.3, 0.4) is 0 Å². The standard InChI is InChI=1S/C23H32NO3P/c1-4-27-28(26,17-21-13-9-6-10-14-21)18-22(15-19(2)3)23(25)24-16-20-11-7-5-8-12-20/h5-14,19,22H,4,15-18H2,1-3H3,(H,24,25). The van der Waals surface area contributed by atoms with E-state index in [9.17, 15) is 9.36 Å². The van der Waals surface area contributed by atoms with Crippen LogP contribution in [0.15, 0.2) is 60.7 Å². The Kier molecular flexibility index (Phi) is 8.95. The van der Waals surface area contributed by atoms with E-state index in [1.54, 1.807) is 0 Å². The summed E-state index contributed by atoms with van der Waals surface area (Å²) in [6, 6.07) is 19.6. The van der Waals surface area contributed by atoms with Gasteiger partial charge >= 0.3 is 0 Å². The molecule has 0 spiro atoms. The predicted molar refractivity (Wildman–Crippen MR) is 115 cm³/mol. The third-order valence-corrected chi connectivity index (χ3v) is 7.14. The van der Waals surface area contributed by atoms with Crippen LogP contribution >= 0.6 is 7.37 Å². The summed E-state index contributed by atoms with van der Waals surface area (Å²) in [7, 11) is -2.96. The molecule has 0 aliphatic rings. The van der Waals surface area contributed by atoms with E-state index in [0.717, 1.165) is 11.1 Å². The smallest absolute Gasteiger partial charge is 0.223 e. The minimum absolute atomic E-state index is 0.0504. The van der Waals surface area contributed by atoms with Gasteiger partial charge in [-0.2, -0.15) is 0 Å². The van der Waals surface area contributed by atoms with Crippen LogP contribution in [0.2, 0.25) is 0 Å². The van der Waals surface area contributed by atoms with Crippen molar-refractivity contribution in [2.75, 3.05) is 12.8 Å². The number of nitrogens with one attached hydrogen (secondary N) is 1. The molecule has 0 aliphatic carbocycles. The molecule has 2 aromatic rings. The second-order valence-electron chi connectivity index (χ2n) is 7.59. The molecule has 152 valence electrons. The molecule has 0 fully saturated rings. The van der Waals surface area contributed by atoms with Crippen LogP contribution in [0.4, 0.5) is 0 Å². The lowest BCUT2D eigenvalue weighted by Gasteiger charge is -2.25. The van der Waals surface area contributed by atoms with Gasteiger partial charge in [-0.25, -0.2) is 0 Å². The van der Waals surface area contributed by atoms with Gasteiger partial charge in [0, 0.05) is 24.8 Å². The van der Waals surface area contributed by atoms with Crippen molar-refractivity contribution in [3.05, 3.63) is 71.8 Å². The Hall–Kier alpha value is -1.90. The third kappa shape index (κ3) is 7.61. The highest BCUT2D eigenvalue weighted by atomic mass is 31.2. The van der Waals surface area contributed by atoms with Crippen LogP contribution in [0.1, 0.15) is 38.3 Å². The topological polar surface area (TPSA) is 55.4 Å². The number of benzene rings is 2. The van der Waals surface area contributed by atoms with Gasteiger partial charge in [-0.05, 0) is 30.4 Å². The number of rotatable bonds is 11. The molecular weight excluding hydrogens is 369 g/mol. The Balaban J connectivity index is 2.10. The monoisotopic (exact) mass is 401 g/mol. The van der Waals surface area contributed by atoms with Crippen molar-refractivity contribution >= 4 is 13.3 Å². The molecule has 2 aromatic carbocycles. The summed E-state index contributed by atoms with van der Waals surface area (Å²) < 4.78 is 19.3. The Morgan fingerprint density at radius 2 is 1.57 bits per heavy atom. The van der Waals surface area contributed by atoms with Gasteiger partial charge in [0.25, 0.3) is 0 Å². The average Bonchev–Trinajstić information content (AvgIpc) is 2.67. The largest absolute Gasteiger partial charge is 0.352 e.